The molecule has 1 aromatic rings. The number of aryl methyl sites for hydroxylation is 1. The van der Waals surface area contributed by atoms with E-state index in [0.717, 1.165) is 5.56 Å². The minimum atomic E-state index is -3.07. The molecule has 0 bridgehead atoms. The number of benzene rings is 1. The van der Waals surface area contributed by atoms with E-state index in [0.29, 0.717) is 17.7 Å². The van der Waals surface area contributed by atoms with Gasteiger partial charge in [0, 0.05) is 17.3 Å². The van der Waals surface area contributed by atoms with Crippen molar-refractivity contribution in [2.45, 2.75) is 19.4 Å². The number of anilines is 1. The smallest absolute Gasteiger partial charge is 0.255 e. The van der Waals surface area contributed by atoms with E-state index in [1.165, 1.54) is 4.90 Å². The first-order valence-corrected chi connectivity index (χ1v) is 8.47. The van der Waals surface area contributed by atoms with Crippen LogP contribution in [0.5, 0.6) is 0 Å². The molecule has 2 rings (SSSR count). The molecule has 6 heteroatoms. The van der Waals surface area contributed by atoms with Crippen LogP contribution in [0.3, 0.4) is 0 Å². The molecular weight excluding hydrogens is 288 g/mol. The number of rotatable bonds is 3. The summed E-state index contributed by atoms with van der Waals surface area (Å²) >= 11 is 0. The van der Waals surface area contributed by atoms with Gasteiger partial charge in [-0.15, -0.1) is 6.42 Å². The molecule has 1 atom stereocenters. The fraction of sp³-hybridized carbons (Fsp3) is 0.400. The van der Waals surface area contributed by atoms with Crippen LogP contribution < -0.4 is 5.73 Å². The second-order valence-electron chi connectivity index (χ2n) is 5.27. The minimum Gasteiger partial charge on any atom is -0.399 e. The Kier molecular flexibility index (Phi) is 4.24. The third kappa shape index (κ3) is 3.37. The molecule has 0 radical (unpaired) electrons. The lowest BCUT2D eigenvalue weighted by atomic mass is 10.1. The van der Waals surface area contributed by atoms with Gasteiger partial charge in [-0.3, -0.25) is 4.79 Å². The molecule has 1 aromatic carbocycles. The monoisotopic (exact) mass is 306 g/mol. The van der Waals surface area contributed by atoms with E-state index >= 15 is 0 Å². The highest BCUT2D eigenvalue weighted by Gasteiger charge is 2.34. The van der Waals surface area contributed by atoms with E-state index in [2.05, 4.69) is 5.92 Å². The summed E-state index contributed by atoms with van der Waals surface area (Å²) in [5.74, 6) is 2.28. The molecular formula is C15H18N2O3S. The first-order chi connectivity index (χ1) is 9.84. The number of terminal acetylenes is 1. The van der Waals surface area contributed by atoms with Crippen molar-refractivity contribution in [2.75, 3.05) is 23.8 Å². The van der Waals surface area contributed by atoms with E-state index < -0.39 is 9.84 Å². The maximum absolute atomic E-state index is 12.7. The van der Waals surface area contributed by atoms with Crippen molar-refractivity contribution in [1.29, 1.82) is 0 Å². The Morgan fingerprint density at radius 3 is 2.76 bits per heavy atom. The Morgan fingerprint density at radius 2 is 2.24 bits per heavy atom. The Hall–Kier alpha value is -2.00. The van der Waals surface area contributed by atoms with Gasteiger partial charge in [-0.25, -0.2) is 8.42 Å². The van der Waals surface area contributed by atoms with Gasteiger partial charge < -0.3 is 10.6 Å². The summed E-state index contributed by atoms with van der Waals surface area (Å²) in [5, 5.41) is 0. The largest absolute Gasteiger partial charge is 0.399 e. The normalized spacial score (nSPS) is 19.9. The third-order valence-corrected chi connectivity index (χ3v) is 5.40. The summed E-state index contributed by atoms with van der Waals surface area (Å²) in [4.78, 5) is 14.1. The maximum Gasteiger partial charge on any atom is 0.255 e. The van der Waals surface area contributed by atoms with E-state index in [1.807, 2.05) is 0 Å². The van der Waals surface area contributed by atoms with Crippen LogP contribution in [0.1, 0.15) is 22.3 Å². The number of nitrogens with two attached hydrogens (primary N) is 1. The summed E-state index contributed by atoms with van der Waals surface area (Å²) in [6.07, 6.45) is 5.76. The zero-order valence-electron chi connectivity index (χ0n) is 11.9. The second kappa shape index (κ2) is 5.78. The van der Waals surface area contributed by atoms with Gasteiger partial charge in [-0.1, -0.05) is 5.92 Å². The van der Waals surface area contributed by atoms with Crippen LogP contribution in [0.4, 0.5) is 5.69 Å². The van der Waals surface area contributed by atoms with Crippen molar-refractivity contribution in [3.05, 3.63) is 29.3 Å². The summed E-state index contributed by atoms with van der Waals surface area (Å²) in [6, 6.07) is 4.67. The number of hydrogen-bond donors (Lipinski definition) is 1. The fourth-order valence-electron chi connectivity index (χ4n) is 2.57. The Labute approximate surface area is 125 Å². The zero-order valence-corrected chi connectivity index (χ0v) is 12.7. The molecule has 0 saturated carbocycles. The highest BCUT2D eigenvalue weighted by atomic mass is 32.2. The van der Waals surface area contributed by atoms with Crippen LogP contribution in [0.25, 0.3) is 0 Å². The van der Waals surface area contributed by atoms with Gasteiger partial charge in [-0.05, 0) is 37.1 Å². The second-order valence-corrected chi connectivity index (χ2v) is 7.50. The highest BCUT2D eigenvalue weighted by molar-refractivity contribution is 7.91. The van der Waals surface area contributed by atoms with Crippen molar-refractivity contribution >= 4 is 21.4 Å². The first kappa shape index (κ1) is 15.4. The lowest BCUT2D eigenvalue weighted by molar-refractivity contribution is 0.0723. The van der Waals surface area contributed by atoms with Gasteiger partial charge in [0.1, 0.15) is 0 Å². The number of carbonyl (C=O) groups excluding carboxylic acids is 1. The van der Waals surface area contributed by atoms with E-state index in [-0.39, 0.29) is 30.0 Å². The lowest BCUT2D eigenvalue weighted by Crippen LogP contribution is -2.41. The fourth-order valence-corrected chi connectivity index (χ4v) is 4.30. The van der Waals surface area contributed by atoms with Gasteiger partial charge in [0.15, 0.2) is 9.84 Å². The maximum atomic E-state index is 12.7. The van der Waals surface area contributed by atoms with Crippen LogP contribution in [0.15, 0.2) is 18.2 Å². The molecule has 0 spiro atoms. The topological polar surface area (TPSA) is 80.5 Å². The highest BCUT2D eigenvalue weighted by Crippen LogP contribution is 2.21. The van der Waals surface area contributed by atoms with Crippen LogP contribution in [0, 0.1) is 19.3 Å². The molecule has 0 aliphatic carbocycles. The Balaban J connectivity index is 2.30. The number of amides is 1. The lowest BCUT2D eigenvalue weighted by Gasteiger charge is -2.27. The van der Waals surface area contributed by atoms with Crippen LogP contribution in [-0.4, -0.2) is 43.3 Å². The molecule has 1 saturated heterocycles. The van der Waals surface area contributed by atoms with Crippen molar-refractivity contribution in [2.24, 2.45) is 0 Å². The molecule has 1 aliphatic rings. The zero-order chi connectivity index (χ0) is 15.6. The molecule has 1 fully saturated rings. The van der Waals surface area contributed by atoms with Crippen LogP contribution in [0.2, 0.25) is 0 Å². The van der Waals surface area contributed by atoms with Gasteiger partial charge in [0.05, 0.1) is 18.1 Å². The molecule has 1 aliphatic heterocycles. The molecule has 112 valence electrons. The molecule has 2 N–H and O–H groups in total. The van der Waals surface area contributed by atoms with E-state index in [1.54, 1.807) is 25.1 Å². The van der Waals surface area contributed by atoms with Crippen LogP contribution >= 0.6 is 0 Å². The summed E-state index contributed by atoms with van der Waals surface area (Å²) < 4.78 is 23.2. The number of nitrogen functional groups attached to an aromatic ring is 1. The van der Waals surface area contributed by atoms with Gasteiger partial charge >= 0.3 is 0 Å². The molecule has 0 aromatic heterocycles. The molecule has 1 unspecified atom stereocenters. The van der Waals surface area contributed by atoms with Crippen molar-refractivity contribution in [1.82, 2.24) is 4.90 Å². The van der Waals surface area contributed by atoms with E-state index in [9.17, 15) is 13.2 Å². The van der Waals surface area contributed by atoms with Crippen molar-refractivity contribution < 1.29 is 13.2 Å². The van der Waals surface area contributed by atoms with Crippen molar-refractivity contribution in [3.63, 3.8) is 0 Å². The predicted molar refractivity (Wildman–Crippen MR) is 82.5 cm³/mol. The average molecular weight is 306 g/mol. The SMILES string of the molecule is C#CCN(C(=O)c1ccc(N)cc1C)C1CCS(=O)(=O)C1. The van der Waals surface area contributed by atoms with E-state index in [4.69, 9.17) is 12.2 Å². The molecule has 5 nitrogen and oxygen atoms in total. The molecule has 21 heavy (non-hydrogen) atoms. The number of carbonyl (C=O) groups is 1. The van der Waals surface area contributed by atoms with Crippen molar-refractivity contribution in [3.8, 4) is 12.3 Å². The third-order valence-electron chi connectivity index (χ3n) is 3.65. The average Bonchev–Trinajstić information content (AvgIpc) is 2.75. The molecule has 1 amide bonds. The standard InChI is InChI=1S/C15H18N2O3S/c1-3-7-17(13-6-8-21(19,20)10-13)15(18)14-5-4-12(16)9-11(14)2/h1,4-5,9,13H,6-8,10,16H2,2H3. The summed E-state index contributed by atoms with van der Waals surface area (Å²) in [5.41, 5.74) is 7.52. The minimum absolute atomic E-state index is 0.0194. The quantitative estimate of drug-likeness (QED) is 0.663. The Morgan fingerprint density at radius 1 is 1.52 bits per heavy atom. The van der Waals surface area contributed by atoms with Crippen LogP contribution in [-0.2, 0) is 9.84 Å². The number of nitrogens with zero attached hydrogens (tertiary/aromatic N) is 1. The summed E-state index contributed by atoms with van der Waals surface area (Å²) in [7, 11) is -3.07. The van der Waals surface area contributed by atoms with Gasteiger partial charge in [0.2, 0.25) is 0 Å². The van der Waals surface area contributed by atoms with Gasteiger partial charge in [0.25, 0.3) is 5.91 Å². The summed E-state index contributed by atoms with van der Waals surface area (Å²) in [6.45, 7) is 1.89. The Bertz CT molecular complexity index is 704. The number of sulfone groups is 1. The molecule has 1 heterocycles. The first-order valence-electron chi connectivity index (χ1n) is 6.65. The van der Waals surface area contributed by atoms with Gasteiger partial charge in [-0.2, -0.15) is 0 Å². The number of hydrogen-bond acceptors (Lipinski definition) is 4. The predicted octanol–water partition coefficient (Wildman–Crippen LogP) is 0.840.